The number of amides is 3. The average molecular weight is 405 g/mol. The summed E-state index contributed by atoms with van der Waals surface area (Å²) in [5.41, 5.74) is 1.64. The Labute approximate surface area is 176 Å². The fraction of sp³-hybridized carbons (Fsp3) is 0.375. The van der Waals surface area contributed by atoms with Crippen LogP contribution in [-0.2, 0) is 11.2 Å². The Bertz CT molecular complexity index is 887. The molecule has 1 saturated heterocycles. The molecule has 156 valence electrons. The summed E-state index contributed by atoms with van der Waals surface area (Å²) in [6.07, 6.45) is 3.63. The molecule has 6 nitrogen and oxygen atoms in total. The van der Waals surface area contributed by atoms with E-state index in [-0.39, 0.29) is 5.91 Å². The van der Waals surface area contributed by atoms with E-state index in [4.69, 9.17) is 0 Å². The molecule has 2 aromatic rings. The van der Waals surface area contributed by atoms with Crippen LogP contribution in [0.15, 0.2) is 54.6 Å². The van der Waals surface area contributed by atoms with E-state index in [1.807, 2.05) is 30.3 Å². The lowest BCUT2D eigenvalue weighted by atomic mass is 10.0. The minimum absolute atomic E-state index is 0.283. The Hall–Kier alpha value is -2.99. The van der Waals surface area contributed by atoms with E-state index in [1.165, 1.54) is 12.8 Å². The normalized spacial score (nSPS) is 17.3. The van der Waals surface area contributed by atoms with Gasteiger partial charge in [-0.3, -0.25) is 19.3 Å². The monoisotopic (exact) mass is 405 g/mol. The van der Waals surface area contributed by atoms with Crippen LogP contribution in [0.1, 0.15) is 45.5 Å². The second-order valence-electron chi connectivity index (χ2n) is 7.92. The van der Waals surface area contributed by atoms with Crippen LogP contribution >= 0.6 is 0 Å². The molecule has 2 heterocycles. The van der Waals surface area contributed by atoms with Gasteiger partial charge in [-0.15, -0.1) is 0 Å². The highest BCUT2D eigenvalue weighted by Crippen LogP contribution is 2.26. The summed E-state index contributed by atoms with van der Waals surface area (Å²) >= 11 is 0. The predicted octanol–water partition coefficient (Wildman–Crippen LogP) is 2.50. The van der Waals surface area contributed by atoms with Gasteiger partial charge in [0.25, 0.3) is 11.8 Å². The highest BCUT2D eigenvalue weighted by atomic mass is 16.2. The Kier molecular flexibility index (Phi) is 6.23. The third-order valence-corrected chi connectivity index (χ3v) is 5.86. The van der Waals surface area contributed by atoms with Crippen molar-refractivity contribution in [1.82, 2.24) is 15.1 Å². The standard InChI is InChI=1S/C24H27N3O3/c28-22(25-13-8-16-26-14-6-7-15-26)21(17-18-9-2-1-3-10-18)27-23(29)19-11-4-5-12-20(19)24(27)30/h1-5,9-12,21H,6-8,13-17H2,(H,25,28)/t21-/m0/s1. The summed E-state index contributed by atoms with van der Waals surface area (Å²) in [6.45, 7) is 3.74. The molecule has 3 amide bonds. The quantitative estimate of drug-likeness (QED) is 0.541. The predicted molar refractivity (Wildman–Crippen MR) is 114 cm³/mol. The van der Waals surface area contributed by atoms with E-state index in [2.05, 4.69) is 10.2 Å². The minimum Gasteiger partial charge on any atom is -0.354 e. The number of nitrogens with zero attached hydrogens (tertiary/aromatic N) is 2. The Morgan fingerprint density at radius 2 is 1.50 bits per heavy atom. The maximum absolute atomic E-state index is 13.1. The highest BCUT2D eigenvalue weighted by molar-refractivity contribution is 6.22. The van der Waals surface area contributed by atoms with Crippen molar-refractivity contribution in [2.24, 2.45) is 0 Å². The summed E-state index contributed by atoms with van der Waals surface area (Å²) in [7, 11) is 0. The second kappa shape index (κ2) is 9.22. The van der Waals surface area contributed by atoms with Crippen molar-refractivity contribution in [2.75, 3.05) is 26.2 Å². The highest BCUT2D eigenvalue weighted by Gasteiger charge is 2.42. The van der Waals surface area contributed by atoms with Crippen molar-refractivity contribution in [3.8, 4) is 0 Å². The van der Waals surface area contributed by atoms with Crippen molar-refractivity contribution in [2.45, 2.75) is 31.7 Å². The van der Waals surface area contributed by atoms with Gasteiger partial charge in [-0.05, 0) is 56.6 Å². The number of hydrogen-bond donors (Lipinski definition) is 1. The Morgan fingerprint density at radius 1 is 0.900 bits per heavy atom. The number of rotatable bonds is 8. The zero-order chi connectivity index (χ0) is 20.9. The van der Waals surface area contributed by atoms with Crippen LogP contribution in [0.3, 0.4) is 0 Å². The number of imide groups is 1. The fourth-order valence-electron chi connectivity index (χ4n) is 4.27. The maximum atomic E-state index is 13.1. The molecule has 0 radical (unpaired) electrons. The molecule has 1 N–H and O–H groups in total. The lowest BCUT2D eigenvalue weighted by molar-refractivity contribution is -0.125. The fourth-order valence-corrected chi connectivity index (χ4v) is 4.27. The lowest BCUT2D eigenvalue weighted by Gasteiger charge is -2.26. The number of nitrogens with one attached hydrogen (secondary N) is 1. The van der Waals surface area contributed by atoms with Gasteiger partial charge < -0.3 is 10.2 Å². The van der Waals surface area contributed by atoms with Gasteiger partial charge in [0, 0.05) is 13.0 Å². The molecule has 2 aliphatic heterocycles. The number of carbonyl (C=O) groups is 3. The summed E-state index contributed by atoms with van der Waals surface area (Å²) in [5, 5.41) is 2.96. The van der Waals surface area contributed by atoms with E-state index in [0.717, 1.165) is 36.5 Å². The van der Waals surface area contributed by atoms with Gasteiger partial charge in [-0.1, -0.05) is 42.5 Å². The molecule has 0 bridgehead atoms. The summed E-state index contributed by atoms with van der Waals surface area (Å²) in [6, 6.07) is 15.4. The van der Waals surface area contributed by atoms with Crippen LogP contribution in [0.25, 0.3) is 0 Å². The van der Waals surface area contributed by atoms with Gasteiger partial charge in [0.1, 0.15) is 6.04 Å². The summed E-state index contributed by atoms with van der Waals surface area (Å²) < 4.78 is 0. The Balaban J connectivity index is 1.47. The number of likely N-dealkylation sites (tertiary alicyclic amines) is 1. The molecule has 30 heavy (non-hydrogen) atoms. The molecule has 1 atom stereocenters. The number of hydrogen-bond acceptors (Lipinski definition) is 4. The van der Waals surface area contributed by atoms with Crippen molar-refractivity contribution in [1.29, 1.82) is 0 Å². The molecule has 0 unspecified atom stereocenters. The van der Waals surface area contributed by atoms with Gasteiger partial charge in [0.15, 0.2) is 0 Å². The maximum Gasteiger partial charge on any atom is 0.262 e. The molecule has 2 aliphatic rings. The topological polar surface area (TPSA) is 69.7 Å². The molecule has 2 aromatic carbocycles. The molecular formula is C24H27N3O3. The van der Waals surface area contributed by atoms with Crippen LogP contribution in [0.4, 0.5) is 0 Å². The zero-order valence-electron chi connectivity index (χ0n) is 17.0. The van der Waals surface area contributed by atoms with Gasteiger partial charge >= 0.3 is 0 Å². The van der Waals surface area contributed by atoms with Gasteiger partial charge in [-0.2, -0.15) is 0 Å². The molecule has 0 spiro atoms. The molecule has 6 heteroatoms. The third kappa shape index (κ3) is 4.28. The second-order valence-corrected chi connectivity index (χ2v) is 7.92. The Morgan fingerprint density at radius 3 is 2.13 bits per heavy atom. The van der Waals surface area contributed by atoms with Gasteiger partial charge in [-0.25, -0.2) is 0 Å². The molecular weight excluding hydrogens is 378 g/mol. The molecule has 0 aliphatic carbocycles. The van der Waals surface area contributed by atoms with Crippen molar-refractivity contribution in [3.63, 3.8) is 0 Å². The van der Waals surface area contributed by atoms with Crippen molar-refractivity contribution < 1.29 is 14.4 Å². The molecule has 4 rings (SSSR count). The minimum atomic E-state index is -0.869. The SMILES string of the molecule is O=C(NCCCN1CCCC1)[C@H](Cc1ccccc1)N1C(=O)c2ccccc2C1=O. The lowest BCUT2D eigenvalue weighted by Crippen LogP contribution is -2.51. The van der Waals surface area contributed by atoms with Crippen LogP contribution in [0.2, 0.25) is 0 Å². The number of benzene rings is 2. The molecule has 0 saturated carbocycles. The van der Waals surface area contributed by atoms with E-state index in [1.54, 1.807) is 24.3 Å². The van der Waals surface area contributed by atoms with Gasteiger partial charge in [0.05, 0.1) is 11.1 Å². The largest absolute Gasteiger partial charge is 0.354 e. The zero-order valence-corrected chi connectivity index (χ0v) is 17.0. The molecule has 1 fully saturated rings. The first-order valence-corrected chi connectivity index (χ1v) is 10.7. The van der Waals surface area contributed by atoms with Gasteiger partial charge in [0.2, 0.25) is 5.91 Å². The number of carbonyl (C=O) groups excluding carboxylic acids is 3. The van der Waals surface area contributed by atoms with E-state index >= 15 is 0 Å². The average Bonchev–Trinajstić information content (AvgIpc) is 3.38. The van der Waals surface area contributed by atoms with E-state index < -0.39 is 17.9 Å². The summed E-state index contributed by atoms with van der Waals surface area (Å²) in [4.78, 5) is 42.6. The van der Waals surface area contributed by atoms with Crippen LogP contribution in [0.5, 0.6) is 0 Å². The first-order valence-electron chi connectivity index (χ1n) is 10.7. The molecule has 0 aromatic heterocycles. The first-order chi connectivity index (χ1) is 14.6. The summed E-state index contributed by atoms with van der Waals surface area (Å²) in [5.74, 6) is -1.08. The van der Waals surface area contributed by atoms with Crippen LogP contribution < -0.4 is 5.32 Å². The van der Waals surface area contributed by atoms with Crippen LogP contribution in [0, 0.1) is 0 Å². The number of fused-ring (bicyclic) bond motifs is 1. The van der Waals surface area contributed by atoms with E-state index in [0.29, 0.717) is 24.1 Å². The van der Waals surface area contributed by atoms with Crippen molar-refractivity contribution in [3.05, 3.63) is 71.3 Å². The van der Waals surface area contributed by atoms with E-state index in [9.17, 15) is 14.4 Å². The van der Waals surface area contributed by atoms with Crippen LogP contribution in [-0.4, -0.2) is 59.7 Å². The third-order valence-electron chi connectivity index (χ3n) is 5.86. The van der Waals surface area contributed by atoms with Crippen molar-refractivity contribution >= 4 is 17.7 Å². The smallest absolute Gasteiger partial charge is 0.262 e. The first kappa shape index (κ1) is 20.3.